The number of nitrogens with two attached hydrogens (primary N) is 1. The molecule has 1 aliphatic carbocycles. The van der Waals surface area contributed by atoms with Gasteiger partial charge in [0.2, 0.25) is 0 Å². The van der Waals surface area contributed by atoms with E-state index in [0.29, 0.717) is 13.0 Å². The Morgan fingerprint density at radius 2 is 2.07 bits per heavy atom. The highest BCUT2D eigenvalue weighted by atomic mass is 16.5. The molecule has 76 valence electrons. The Hall–Kier alpha value is -0.900. The van der Waals surface area contributed by atoms with E-state index in [-0.39, 0.29) is 18.2 Å². The van der Waals surface area contributed by atoms with E-state index in [1.807, 2.05) is 30.3 Å². The lowest BCUT2D eigenvalue weighted by Crippen LogP contribution is -2.57. The molecule has 1 unspecified atom stereocenters. The molecular weight excluding hydrogens is 178 g/mol. The minimum Gasteiger partial charge on any atom is -0.391 e. The van der Waals surface area contributed by atoms with E-state index in [1.54, 1.807) is 0 Å². The zero-order valence-corrected chi connectivity index (χ0v) is 7.97. The average molecular weight is 193 g/mol. The number of hydrogen-bond acceptors (Lipinski definition) is 3. The topological polar surface area (TPSA) is 55.5 Å². The van der Waals surface area contributed by atoms with Gasteiger partial charge < -0.3 is 15.6 Å². The fourth-order valence-electron chi connectivity index (χ4n) is 1.56. The third-order valence-electron chi connectivity index (χ3n) is 2.65. The Morgan fingerprint density at radius 3 is 2.64 bits per heavy atom. The van der Waals surface area contributed by atoms with Crippen molar-refractivity contribution in [3.05, 3.63) is 35.9 Å². The second-order valence-corrected chi connectivity index (χ2v) is 3.72. The molecule has 1 saturated carbocycles. The number of aliphatic hydroxyl groups is 1. The molecule has 0 radical (unpaired) electrons. The molecule has 1 fully saturated rings. The van der Waals surface area contributed by atoms with Crippen LogP contribution < -0.4 is 5.73 Å². The first-order valence-corrected chi connectivity index (χ1v) is 4.86. The normalized spacial score (nSPS) is 31.1. The maximum Gasteiger partial charge on any atom is 0.0781 e. The van der Waals surface area contributed by atoms with Crippen LogP contribution >= 0.6 is 0 Å². The summed E-state index contributed by atoms with van der Waals surface area (Å²) in [5, 5.41) is 9.18. The van der Waals surface area contributed by atoms with E-state index >= 15 is 0 Å². The van der Waals surface area contributed by atoms with Crippen LogP contribution in [0.4, 0.5) is 0 Å². The first-order chi connectivity index (χ1) is 6.77. The van der Waals surface area contributed by atoms with Crippen molar-refractivity contribution in [2.45, 2.75) is 31.3 Å². The van der Waals surface area contributed by atoms with Crippen molar-refractivity contribution in [2.24, 2.45) is 5.73 Å². The van der Waals surface area contributed by atoms with E-state index in [4.69, 9.17) is 10.5 Å². The van der Waals surface area contributed by atoms with Gasteiger partial charge in [0.25, 0.3) is 0 Å². The number of aliphatic hydroxyl groups excluding tert-OH is 1. The fourth-order valence-corrected chi connectivity index (χ4v) is 1.56. The highest BCUT2D eigenvalue weighted by Gasteiger charge is 2.37. The molecule has 14 heavy (non-hydrogen) atoms. The van der Waals surface area contributed by atoms with Gasteiger partial charge in [0.05, 0.1) is 24.9 Å². The molecule has 2 rings (SSSR count). The summed E-state index contributed by atoms with van der Waals surface area (Å²) in [4.78, 5) is 0. The zero-order valence-electron chi connectivity index (χ0n) is 7.97. The SMILES string of the molecule is N[C@@H]1C(O)C[C@H]1OCc1ccccc1. The summed E-state index contributed by atoms with van der Waals surface area (Å²) in [5.41, 5.74) is 6.80. The maximum atomic E-state index is 9.18. The standard InChI is InChI=1S/C11H15NO2/c12-11-9(13)6-10(11)14-7-8-4-2-1-3-5-8/h1-5,9-11,13H,6-7,12H2/t9?,10-,11-/m1/s1. The molecule has 0 spiro atoms. The third kappa shape index (κ3) is 1.95. The van der Waals surface area contributed by atoms with Crippen LogP contribution in [0.3, 0.4) is 0 Å². The van der Waals surface area contributed by atoms with Crippen LogP contribution in [-0.2, 0) is 11.3 Å². The minimum absolute atomic E-state index is 0.0187. The van der Waals surface area contributed by atoms with Crippen molar-refractivity contribution < 1.29 is 9.84 Å². The number of hydrogen-bond donors (Lipinski definition) is 2. The first kappa shape index (κ1) is 9.65. The maximum absolute atomic E-state index is 9.18. The summed E-state index contributed by atoms with van der Waals surface area (Å²) < 4.78 is 5.56. The van der Waals surface area contributed by atoms with Gasteiger partial charge in [-0.1, -0.05) is 30.3 Å². The summed E-state index contributed by atoms with van der Waals surface area (Å²) >= 11 is 0. The molecule has 0 amide bonds. The largest absolute Gasteiger partial charge is 0.391 e. The highest BCUT2D eigenvalue weighted by Crippen LogP contribution is 2.23. The molecule has 3 heteroatoms. The lowest BCUT2D eigenvalue weighted by molar-refractivity contribution is -0.0960. The van der Waals surface area contributed by atoms with Crippen molar-refractivity contribution in [1.82, 2.24) is 0 Å². The van der Waals surface area contributed by atoms with E-state index in [9.17, 15) is 5.11 Å². The molecule has 3 N–H and O–H groups in total. The summed E-state index contributed by atoms with van der Waals surface area (Å²) in [6.45, 7) is 0.575. The summed E-state index contributed by atoms with van der Waals surface area (Å²) in [5.74, 6) is 0. The quantitative estimate of drug-likeness (QED) is 0.741. The number of benzene rings is 1. The van der Waals surface area contributed by atoms with Gasteiger partial charge in [0.15, 0.2) is 0 Å². The van der Waals surface area contributed by atoms with Crippen LogP contribution in [0.15, 0.2) is 30.3 Å². The molecule has 0 heterocycles. The Kier molecular flexibility index (Phi) is 2.82. The van der Waals surface area contributed by atoms with Crippen molar-refractivity contribution in [3.8, 4) is 0 Å². The van der Waals surface area contributed by atoms with Gasteiger partial charge in [-0.05, 0) is 5.56 Å². The second kappa shape index (κ2) is 4.09. The van der Waals surface area contributed by atoms with Crippen LogP contribution in [0.1, 0.15) is 12.0 Å². The van der Waals surface area contributed by atoms with Gasteiger partial charge >= 0.3 is 0 Å². The molecule has 0 aliphatic heterocycles. The average Bonchev–Trinajstić information content (AvgIpc) is 2.25. The monoisotopic (exact) mass is 193 g/mol. The van der Waals surface area contributed by atoms with Crippen LogP contribution in [0.25, 0.3) is 0 Å². The van der Waals surface area contributed by atoms with E-state index in [0.717, 1.165) is 5.56 Å². The van der Waals surface area contributed by atoms with Gasteiger partial charge in [-0.25, -0.2) is 0 Å². The van der Waals surface area contributed by atoms with Gasteiger partial charge in [-0.15, -0.1) is 0 Å². The van der Waals surface area contributed by atoms with Gasteiger partial charge in [0.1, 0.15) is 0 Å². The molecule has 0 bridgehead atoms. The Labute approximate surface area is 83.5 Å². The number of rotatable bonds is 3. The zero-order chi connectivity index (χ0) is 9.97. The lowest BCUT2D eigenvalue weighted by atomic mass is 9.86. The minimum atomic E-state index is -0.379. The second-order valence-electron chi connectivity index (χ2n) is 3.72. The van der Waals surface area contributed by atoms with E-state index in [2.05, 4.69) is 0 Å². The smallest absolute Gasteiger partial charge is 0.0781 e. The van der Waals surface area contributed by atoms with Crippen LogP contribution in [0.2, 0.25) is 0 Å². The van der Waals surface area contributed by atoms with Gasteiger partial charge in [-0.3, -0.25) is 0 Å². The Morgan fingerprint density at radius 1 is 1.36 bits per heavy atom. The summed E-state index contributed by atoms with van der Waals surface area (Å²) in [7, 11) is 0. The molecular formula is C11H15NO2. The molecule has 0 saturated heterocycles. The first-order valence-electron chi connectivity index (χ1n) is 4.86. The Balaban J connectivity index is 1.79. The summed E-state index contributed by atoms with van der Waals surface area (Å²) in [6, 6.07) is 9.75. The molecule has 1 aromatic rings. The predicted molar refractivity (Wildman–Crippen MR) is 53.6 cm³/mol. The number of ether oxygens (including phenoxy) is 1. The molecule has 3 nitrogen and oxygen atoms in total. The van der Waals surface area contributed by atoms with Crippen LogP contribution in [0, 0.1) is 0 Å². The van der Waals surface area contributed by atoms with Crippen LogP contribution in [0.5, 0.6) is 0 Å². The third-order valence-corrected chi connectivity index (χ3v) is 2.65. The molecule has 1 aliphatic rings. The van der Waals surface area contributed by atoms with Gasteiger partial charge in [-0.2, -0.15) is 0 Å². The van der Waals surface area contributed by atoms with Crippen molar-refractivity contribution in [2.75, 3.05) is 0 Å². The fraction of sp³-hybridized carbons (Fsp3) is 0.455. The molecule has 3 atom stereocenters. The van der Waals surface area contributed by atoms with Crippen molar-refractivity contribution in [3.63, 3.8) is 0 Å². The van der Waals surface area contributed by atoms with Crippen molar-refractivity contribution >= 4 is 0 Å². The predicted octanol–water partition coefficient (Wildman–Crippen LogP) is 0.664. The van der Waals surface area contributed by atoms with Crippen LogP contribution in [-0.4, -0.2) is 23.4 Å². The van der Waals surface area contributed by atoms with E-state index < -0.39 is 0 Å². The highest BCUT2D eigenvalue weighted by molar-refractivity contribution is 5.13. The van der Waals surface area contributed by atoms with E-state index in [1.165, 1.54) is 0 Å². The molecule has 1 aromatic carbocycles. The summed E-state index contributed by atoms with van der Waals surface area (Å²) in [6.07, 6.45) is 0.301. The Bertz CT molecular complexity index is 289. The van der Waals surface area contributed by atoms with Crippen molar-refractivity contribution in [1.29, 1.82) is 0 Å². The molecule has 0 aromatic heterocycles. The van der Waals surface area contributed by atoms with Gasteiger partial charge in [0, 0.05) is 6.42 Å². The lowest BCUT2D eigenvalue weighted by Gasteiger charge is -2.38.